The molecule has 98 valence electrons. The van der Waals surface area contributed by atoms with Gasteiger partial charge < -0.3 is 11.1 Å². The molecule has 19 heavy (non-hydrogen) atoms. The van der Waals surface area contributed by atoms with Gasteiger partial charge in [-0.2, -0.15) is 0 Å². The van der Waals surface area contributed by atoms with Crippen LogP contribution >= 0.6 is 0 Å². The lowest BCUT2D eigenvalue weighted by molar-refractivity contribution is -0.117. The first-order valence-corrected chi connectivity index (χ1v) is 6.01. The molecule has 2 aromatic carbocycles. The van der Waals surface area contributed by atoms with Crippen molar-refractivity contribution in [1.82, 2.24) is 0 Å². The lowest BCUT2D eigenvalue weighted by Crippen LogP contribution is -2.37. The largest absolute Gasteiger partial charge is 0.325 e. The van der Waals surface area contributed by atoms with E-state index < -0.39 is 6.04 Å². The number of nitrogens with two attached hydrogens (primary N) is 1. The van der Waals surface area contributed by atoms with Crippen molar-refractivity contribution < 1.29 is 9.18 Å². The monoisotopic (exact) mass is 258 g/mol. The van der Waals surface area contributed by atoms with Gasteiger partial charge >= 0.3 is 0 Å². The van der Waals surface area contributed by atoms with Crippen LogP contribution in [0.25, 0.3) is 0 Å². The van der Waals surface area contributed by atoms with E-state index in [9.17, 15) is 9.18 Å². The molecule has 4 heteroatoms. The van der Waals surface area contributed by atoms with Gasteiger partial charge in [-0.05, 0) is 36.2 Å². The number of halogens is 1. The Hall–Kier alpha value is -2.20. The number of carbonyl (C=O) groups is 1. The highest BCUT2D eigenvalue weighted by molar-refractivity contribution is 5.94. The predicted molar refractivity (Wildman–Crippen MR) is 73.2 cm³/mol. The number of rotatable bonds is 4. The van der Waals surface area contributed by atoms with Crippen LogP contribution in [0.3, 0.4) is 0 Å². The van der Waals surface area contributed by atoms with Gasteiger partial charge in [0, 0.05) is 5.69 Å². The van der Waals surface area contributed by atoms with Crippen LogP contribution in [-0.4, -0.2) is 11.9 Å². The molecule has 0 heterocycles. The summed E-state index contributed by atoms with van der Waals surface area (Å²) in [5, 5.41) is 2.66. The zero-order chi connectivity index (χ0) is 13.7. The first-order chi connectivity index (χ1) is 9.15. The van der Waals surface area contributed by atoms with E-state index in [1.165, 1.54) is 24.3 Å². The topological polar surface area (TPSA) is 55.1 Å². The minimum Gasteiger partial charge on any atom is -0.325 e. The first-order valence-electron chi connectivity index (χ1n) is 6.01. The van der Waals surface area contributed by atoms with Crippen molar-refractivity contribution in [2.24, 2.45) is 5.73 Å². The highest BCUT2D eigenvalue weighted by Crippen LogP contribution is 2.09. The van der Waals surface area contributed by atoms with Crippen LogP contribution in [0.2, 0.25) is 0 Å². The van der Waals surface area contributed by atoms with Crippen molar-refractivity contribution in [3.8, 4) is 0 Å². The Labute approximate surface area is 111 Å². The second-order valence-electron chi connectivity index (χ2n) is 4.29. The summed E-state index contributed by atoms with van der Waals surface area (Å²) in [6, 6.07) is 14.5. The van der Waals surface area contributed by atoms with Crippen molar-refractivity contribution in [1.29, 1.82) is 0 Å². The summed E-state index contributed by atoms with van der Waals surface area (Å²) in [6.45, 7) is 0. The van der Waals surface area contributed by atoms with E-state index in [1.54, 1.807) is 0 Å². The molecule has 1 amide bonds. The molecular weight excluding hydrogens is 243 g/mol. The predicted octanol–water partition coefficient (Wildman–Crippen LogP) is 2.33. The number of hydrogen-bond donors (Lipinski definition) is 2. The highest BCUT2D eigenvalue weighted by atomic mass is 19.1. The van der Waals surface area contributed by atoms with Gasteiger partial charge in [-0.3, -0.25) is 4.79 Å². The third-order valence-corrected chi connectivity index (χ3v) is 2.75. The lowest BCUT2D eigenvalue weighted by atomic mass is 10.1. The van der Waals surface area contributed by atoms with Gasteiger partial charge in [-0.25, -0.2) is 4.39 Å². The molecule has 0 aliphatic heterocycles. The normalized spacial score (nSPS) is 11.9. The van der Waals surface area contributed by atoms with Crippen molar-refractivity contribution in [2.75, 3.05) is 5.32 Å². The number of carbonyl (C=O) groups excluding carboxylic acids is 1. The van der Waals surface area contributed by atoms with Crippen LogP contribution in [0.4, 0.5) is 10.1 Å². The van der Waals surface area contributed by atoms with Gasteiger partial charge in [0.1, 0.15) is 5.82 Å². The molecule has 0 radical (unpaired) electrons. The van der Waals surface area contributed by atoms with Gasteiger partial charge in [0.15, 0.2) is 0 Å². The van der Waals surface area contributed by atoms with Crippen LogP contribution in [0.15, 0.2) is 54.6 Å². The molecule has 2 rings (SSSR count). The second kappa shape index (κ2) is 6.11. The third-order valence-electron chi connectivity index (χ3n) is 2.75. The summed E-state index contributed by atoms with van der Waals surface area (Å²) >= 11 is 0. The summed E-state index contributed by atoms with van der Waals surface area (Å²) in [5.74, 6) is -0.623. The molecular formula is C15H15FN2O. The maximum Gasteiger partial charge on any atom is 0.241 e. The summed E-state index contributed by atoms with van der Waals surface area (Å²) in [4.78, 5) is 11.9. The van der Waals surface area contributed by atoms with Crippen molar-refractivity contribution in [3.63, 3.8) is 0 Å². The zero-order valence-electron chi connectivity index (χ0n) is 10.3. The van der Waals surface area contributed by atoms with E-state index in [2.05, 4.69) is 5.32 Å². The summed E-state index contributed by atoms with van der Waals surface area (Å²) in [5.41, 5.74) is 7.38. The average molecular weight is 258 g/mol. The van der Waals surface area contributed by atoms with E-state index in [0.717, 1.165) is 5.56 Å². The number of anilines is 1. The summed E-state index contributed by atoms with van der Waals surface area (Å²) < 4.78 is 12.7. The standard InChI is InChI=1S/C15H15FN2O/c16-12-6-8-13(9-7-12)18-15(19)14(17)10-11-4-2-1-3-5-11/h1-9,14H,10,17H2,(H,18,19). The van der Waals surface area contributed by atoms with Gasteiger partial charge in [-0.15, -0.1) is 0 Å². The molecule has 0 saturated carbocycles. The number of hydrogen-bond acceptors (Lipinski definition) is 2. The summed E-state index contributed by atoms with van der Waals surface area (Å²) in [6.07, 6.45) is 0.466. The fraction of sp³-hybridized carbons (Fsp3) is 0.133. The number of amides is 1. The molecule has 0 aliphatic rings. The minimum absolute atomic E-state index is 0.282. The molecule has 3 N–H and O–H groups in total. The van der Waals surface area contributed by atoms with Crippen LogP contribution in [-0.2, 0) is 11.2 Å². The Morgan fingerprint density at radius 2 is 1.74 bits per heavy atom. The van der Waals surface area contributed by atoms with Crippen LogP contribution in [0, 0.1) is 5.82 Å². The SMILES string of the molecule is NC(Cc1ccccc1)C(=O)Nc1ccc(F)cc1. The molecule has 1 unspecified atom stereocenters. The molecule has 0 saturated heterocycles. The molecule has 0 fully saturated rings. The average Bonchev–Trinajstić information content (AvgIpc) is 2.42. The Bertz CT molecular complexity index is 540. The zero-order valence-corrected chi connectivity index (χ0v) is 10.3. The van der Waals surface area contributed by atoms with Crippen molar-refractivity contribution >= 4 is 11.6 Å². The maximum atomic E-state index is 12.7. The minimum atomic E-state index is -0.632. The van der Waals surface area contributed by atoms with Crippen LogP contribution in [0.1, 0.15) is 5.56 Å². The highest BCUT2D eigenvalue weighted by Gasteiger charge is 2.14. The first kappa shape index (κ1) is 13.2. The molecule has 0 aromatic heterocycles. The Kier molecular flexibility index (Phi) is 4.26. The fourth-order valence-corrected chi connectivity index (χ4v) is 1.73. The smallest absolute Gasteiger partial charge is 0.241 e. The molecule has 0 bridgehead atoms. The van der Waals surface area contributed by atoms with Crippen molar-refractivity contribution in [2.45, 2.75) is 12.5 Å². The molecule has 0 spiro atoms. The van der Waals surface area contributed by atoms with E-state index in [4.69, 9.17) is 5.73 Å². The fourth-order valence-electron chi connectivity index (χ4n) is 1.73. The molecule has 3 nitrogen and oxygen atoms in total. The van der Waals surface area contributed by atoms with E-state index in [1.807, 2.05) is 30.3 Å². The lowest BCUT2D eigenvalue weighted by Gasteiger charge is -2.12. The van der Waals surface area contributed by atoms with Gasteiger partial charge in [0.25, 0.3) is 0 Å². The third kappa shape index (κ3) is 3.89. The van der Waals surface area contributed by atoms with Gasteiger partial charge in [0.05, 0.1) is 6.04 Å². The Balaban J connectivity index is 1.94. The van der Waals surface area contributed by atoms with Crippen molar-refractivity contribution in [3.05, 3.63) is 66.0 Å². The van der Waals surface area contributed by atoms with Gasteiger partial charge in [-0.1, -0.05) is 30.3 Å². The maximum absolute atomic E-state index is 12.7. The second-order valence-corrected chi connectivity index (χ2v) is 4.29. The number of nitrogens with one attached hydrogen (secondary N) is 1. The quantitative estimate of drug-likeness (QED) is 0.884. The summed E-state index contributed by atoms with van der Waals surface area (Å²) in [7, 11) is 0. The van der Waals surface area contributed by atoms with Crippen LogP contribution < -0.4 is 11.1 Å². The number of benzene rings is 2. The van der Waals surface area contributed by atoms with E-state index in [0.29, 0.717) is 12.1 Å². The Morgan fingerprint density at radius 3 is 2.37 bits per heavy atom. The molecule has 1 atom stereocenters. The van der Waals surface area contributed by atoms with E-state index >= 15 is 0 Å². The van der Waals surface area contributed by atoms with E-state index in [-0.39, 0.29) is 11.7 Å². The van der Waals surface area contributed by atoms with Crippen LogP contribution in [0.5, 0.6) is 0 Å². The molecule has 0 aliphatic carbocycles. The van der Waals surface area contributed by atoms with Gasteiger partial charge in [0.2, 0.25) is 5.91 Å². The molecule has 2 aromatic rings. The Morgan fingerprint density at radius 1 is 1.11 bits per heavy atom.